The Balaban J connectivity index is 4.59. The smallest absolute Gasteiger partial charge is 0.408 e. The molecule has 0 heterocycles. The van der Waals surface area contributed by atoms with Crippen LogP contribution in [-0.4, -0.2) is 40.9 Å². The third-order valence-corrected chi connectivity index (χ3v) is 1.76. The van der Waals surface area contributed by atoms with Gasteiger partial charge in [0.25, 0.3) is 0 Å². The zero-order valence-corrected chi connectivity index (χ0v) is 11.1. The first-order valence-electron chi connectivity index (χ1n) is 5.42. The van der Waals surface area contributed by atoms with Crippen LogP contribution in [0.5, 0.6) is 0 Å². The van der Waals surface area contributed by atoms with Gasteiger partial charge in [0.05, 0.1) is 0 Å². The summed E-state index contributed by atoms with van der Waals surface area (Å²) in [5, 5.41) is 11.1. The van der Waals surface area contributed by atoms with Crippen LogP contribution in [0.25, 0.3) is 0 Å². The molecule has 0 spiro atoms. The molecule has 0 rings (SSSR count). The highest BCUT2D eigenvalue weighted by atomic mass is 16.6. The van der Waals surface area contributed by atoms with Gasteiger partial charge in [-0.1, -0.05) is 0 Å². The molecule has 2 atom stereocenters. The number of nitrogens with one attached hydrogen (secondary N) is 1. The van der Waals surface area contributed by atoms with E-state index in [-0.39, 0.29) is 0 Å². The van der Waals surface area contributed by atoms with Gasteiger partial charge in [0.15, 0.2) is 6.04 Å². The van der Waals surface area contributed by atoms with Crippen LogP contribution < -0.4 is 5.32 Å². The molecule has 0 aliphatic carbocycles. The molecule has 0 bridgehead atoms. The van der Waals surface area contributed by atoms with Crippen LogP contribution in [-0.2, 0) is 19.1 Å². The third kappa shape index (κ3) is 6.72. The number of hydrogen-bond acceptors (Lipinski definition) is 5. The van der Waals surface area contributed by atoms with E-state index in [1.165, 1.54) is 6.92 Å². The number of rotatable bonds is 4. The van der Waals surface area contributed by atoms with Crippen molar-refractivity contribution in [3.8, 4) is 0 Å². The number of carboxylic acid groups (broad SMARTS) is 1. The Morgan fingerprint density at radius 2 is 1.72 bits per heavy atom. The van der Waals surface area contributed by atoms with Crippen LogP contribution in [0.1, 0.15) is 34.6 Å². The van der Waals surface area contributed by atoms with E-state index in [9.17, 15) is 14.4 Å². The summed E-state index contributed by atoms with van der Waals surface area (Å²) in [5.74, 6) is -1.94. The standard InChI is InChI=1S/C11H19NO6/c1-6(17-7(2)13)8(9(14)15)12-10(16)18-11(3,4)5/h6,8H,1-5H3,(H,12,16)(H,14,15)/t6?,8-/m0/s1. The summed E-state index contributed by atoms with van der Waals surface area (Å²) in [5.41, 5.74) is -0.738. The first-order chi connectivity index (χ1) is 8.03. The molecule has 0 aliphatic heterocycles. The summed E-state index contributed by atoms with van der Waals surface area (Å²) in [6.45, 7) is 7.48. The van der Waals surface area contributed by atoms with E-state index < -0.39 is 35.8 Å². The minimum atomic E-state index is -1.36. The SMILES string of the molecule is CC(=O)OC(C)[C@H](NC(=O)OC(C)(C)C)C(=O)O. The highest BCUT2D eigenvalue weighted by molar-refractivity contribution is 5.81. The molecule has 0 saturated heterocycles. The fourth-order valence-corrected chi connectivity index (χ4v) is 1.14. The number of esters is 1. The average Bonchev–Trinajstić information content (AvgIpc) is 2.09. The molecule has 0 aromatic heterocycles. The Morgan fingerprint density at radius 1 is 1.22 bits per heavy atom. The maximum atomic E-state index is 11.4. The zero-order chi connectivity index (χ0) is 14.5. The molecule has 7 nitrogen and oxygen atoms in total. The molecule has 18 heavy (non-hydrogen) atoms. The fourth-order valence-electron chi connectivity index (χ4n) is 1.14. The van der Waals surface area contributed by atoms with E-state index in [1.54, 1.807) is 20.8 Å². The molecule has 1 amide bonds. The maximum Gasteiger partial charge on any atom is 0.408 e. The summed E-state index contributed by atoms with van der Waals surface area (Å²) in [7, 11) is 0. The van der Waals surface area contributed by atoms with Crippen LogP contribution in [0.3, 0.4) is 0 Å². The molecule has 0 aromatic rings. The molecule has 0 radical (unpaired) electrons. The van der Waals surface area contributed by atoms with Crippen LogP contribution in [0.2, 0.25) is 0 Å². The van der Waals surface area contributed by atoms with Gasteiger partial charge in [-0.15, -0.1) is 0 Å². The van der Waals surface area contributed by atoms with Gasteiger partial charge in [0.2, 0.25) is 0 Å². The van der Waals surface area contributed by atoms with Crippen LogP contribution in [0, 0.1) is 0 Å². The minimum Gasteiger partial charge on any atom is -0.480 e. The topological polar surface area (TPSA) is 102 Å². The van der Waals surface area contributed by atoms with Crippen molar-refractivity contribution in [1.29, 1.82) is 0 Å². The summed E-state index contributed by atoms with van der Waals surface area (Å²) in [6.07, 6.45) is -1.87. The lowest BCUT2D eigenvalue weighted by Gasteiger charge is -2.24. The van der Waals surface area contributed by atoms with Crippen LogP contribution >= 0.6 is 0 Å². The van der Waals surface area contributed by atoms with Gasteiger partial charge in [-0.05, 0) is 27.7 Å². The molecule has 0 aromatic carbocycles. The average molecular weight is 261 g/mol. The first kappa shape index (κ1) is 16.2. The Hall–Kier alpha value is -1.79. The van der Waals surface area contributed by atoms with Crippen molar-refractivity contribution in [1.82, 2.24) is 5.32 Å². The van der Waals surface area contributed by atoms with Gasteiger partial charge >= 0.3 is 18.0 Å². The zero-order valence-electron chi connectivity index (χ0n) is 11.1. The summed E-state index contributed by atoms with van der Waals surface area (Å²) < 4.78 is 9.63. The van der Waals surface area contributed by atoms with Crippen molar-refractivity contribution in [2.24, 2.45) is 0 Å². The molecule has 2 N–H and O–H groups in total. The van der Waals surface area contributed by atoms with Gasteiger partial charge < -0.3 is 19.9 Å². The van der Waals surface area contributed by atoms with Crippen LogP contribution in [0.4, 0.5) is 4.79 Å². The van der Waals surface area contributed by atoms with Crippen LogP contribution in [0.15, 0.2) is 0 Å². The second-order valence-electron chi connectivity index (χ2n) is 4.78. The molecule has 0 aliphatic rings. The minimum absolute atomic E-state index is 0.625. The predicted octanol–water partition coefficient (Wildman–Crippen LogP) is 0.916. The monoisotopic (exact) mass is 261 g/mol. The van der Waals surface area contributed by atoms with E-state index in [2.05, 4.69) is 5.32 Å². The summed E-state index contributed by atoms with van der Waals surface area (Å²) in [4.78, 5) is 33.1. The highest BCUT2D eigenvalue weighted by Gasteiger charge is 2.30. The summed E-state index contributed by atoms with van der Waals surface area (Å²) >= 11 is 0. The van der Waals surface area contributed by atoms with E-state index >= 15 is 0 Å². The Kier molecular flexibility index (Phi) is 5.61. The molecular weight excluding hydrogens is 242 g/mol. The van der Waals surface area contributed by atoms with Gasteiger partial charge in [0, 0.05) is 6.92 Å². The van der Waals surface area contributed by atoms with E-state index in [4.69, 9.17) is 14.6 Å². The molecule has 7 heteroatoms. The van der Waals surface area contributed by atoms with Crippen molar-refractivity contribution in [3.63, 3.8) is 0 Å². The number of alkyl carbamates (subject to hydrolysis) is 1. The Labute approximate surface area is 105 Å². The number of hydrogen-bond donors (Lipinski definition) is 2. The number of carboxylic acids is 1. The second-order valence-corrected chi connectivity index (χ2v) is 4.78. The quantitative estimate of drug-likeness (QED) is 0.729. The number of ether oxygens (including phenoxy) is 2. The molecule has 104 valence electrons. The van der Waals surface area contributed by atoms with Crippen molar-refractivity contribution >= 4 is 18.0 Å². The number of carbonyl (C=O) groups excluding carboxylic acids is 2. The second kappa shape index (κ2) is 6.23. The maximum absolute atomic E-state index is 11.4. The lowest BCUT2D eigenvalue weighted by Crippen LogP contribution is -2.50. The number of carbonyl (C=O) groups is 3. The normalized spacial score (nSPS) is 14.3. The number of amides is 1. The van der Waals surface area contributed by atoms with E-state index in [1.807, 2.05) is 0 Å². The van der Waals surface area contributed by atoms with Gasteiger partial charge in [0.1, 0.15) is 11.7 Å². The molecule has 0 fully saturated rings. The van der Waals surface area contributed by atoms with Gasteiger partial charge in [-0.2, -0.15) is 0 Å². The first-order valence-corrected chi connectivity index (χ1v) is 5.42. The Bertz CT molecular complexity index is 333. The number of aliphatic carboxylic acids is 1. The van der Waals surface area contributed by atoms with Crippen molar-refractivity contribution in [3.05, 3.63) is 0 Å². The third-order valence-electron chi connectivity index (χ3n) is 1.76. The van der Waals surface area contributed by atoms with Crippen molar-refractivity contribution < 1.29 is 29.0 Å². The van der Waals surface area contributed by atoms with Gasteiger partial charge in [-0.25, -0.2) is 9.59 Å². The van der Waals surface area contributed by atoms with E-state index in [0.717, 1.165) is 6.92 Å². The Morgan fingerprint density at radius 3 is 2.06 bits per heavy atom. The van der Waals surface area contributed by atoms with Gasteiger partial charge in [-0.3, -0.25) is 4.79 Å². The molecule has 0 saturated carbocycles. The largest absolute Gasteiger partial charge is 0.480 e. The summed E-state index contributed by atoms with van der Waals surface area (Å²) in [6, 6.07) is -1.36. The lowest BCUT2D eigenvalue weighted by molar-refractivity contribution is -0.152. The molecular formula is C11H19NO6. The lowest BCUT2D eigenvalue weighted by atomic mass is 10.2. The van der Waals surface area contributed by atoms with Crippen molar-refractivity contribution in [2.75, 3.05) is 0 Å². The molecule has 1 unspecified atom stereocenters. The predicted molar refractivity (Wildman–Crippen MR) is 62.0 cm³/mol. The van der Waals surface area contributed by atoms with Crippen molar-refractivity contribution in [2.45, 2.75) is 52.4 Å². The van der Waals surface area contributed by atoms with E-state index in [0.29, 0.717) is 0 Å². The highest BCUT2D eigenvalue weighted by Crippen LogP contribution is 2.08. The fraction of sp³-hybridized carbons (Fsp3) is 0.727.